The Morgan fingerprint density at radius 2 is 1.63 bits per heavy atom. The SMILES string of the molecule is CC(C)(C)OC(=O)N1CC[C@](OCc2ccccc2)(c2ccc(Cl)cc2)[C@@H](OCc2ccc(Cl)c(Cl)c2)C1. The molecule has 0 aromatic heterocycles. The van der Waals surface area contributed by atoms with E-state index < -0.39 is 17.3 Å². The van der Waals surface area contributed by atoms with Crippen molar-refractivity contribution in [1.82, 2.24) is 4.90 Å². The summed E-state index contributed by atoms with van der Waals surface area (Å²) in [6.45, 7) is 6.93. The van der Waals surface area contributed by atoms with Crippen LogP contribution >= 0.6 is 34.8 Å². The number of rotatable bonds is 7. The molecule has 0 N–H and O–H groups in total. The molecule has 0 saturated carbocycles. The minimum absolute atomic E-state index is 0.258. The van der Waals surface area contributed by atoms with Crippen molar-refractivity contribution in [3.63, 3.8) is 0 Å². The summed E-state index contributed by atoms with van der Waals surface area (Å²) in [5.74, 6) is 0. The second kappa shape index (κ2) is 12.3. The second-order valence-corrected chi connectivity index (χ2v) is 11.6. The zero-order valence-electron chi connectivity index (χ0n) is 21.8. The first kappa shape index (κ1) is 28.7. The molecule has 3 aromatic carbocycles. The third-order valence-electron chi connectivity index (χ3n) is 6.42. The summed E-state index contributed by atoms with van der Waals surface area (Å²) < 4.78 is 19.0. The van der Waals surface area contributed by atoms with Gasteiger partial charge in [-0.25, -0.2) is 4.79 Å². The van der Waals surface area contributed by atoms with Gasteiger partial charge in [0.15, 0.2) is 0 Å². The Morgan fingerprint density at radius 1 is 0.921 bits per heavy atom. The number of nitrogens with zero attached hydrogens (tertiary/aromatic N) is 1. The molecule has 2 atom stereocenters. The van der Waals surface area contributed by atoms with Gasteiger partial charge >= 0.3 is 6.09 Å². The van der Waals surface area contributed by atoms with Gasteiger partial charge in [0.2, 0.25) is 0 Å². The van der Waals surface area contributed by atoms with E-state index in [2.05, 4.69) is 0 Å². The average molecular weight is 577 g/mol. The molecule has 0 unspecified atom stereocenters. The molecule has 1 amide bonds. The molecule has 0 spiro atoms. The number of carbonyl (C=O) groups is 1. The van der Waals surface area contributed by atoms with Crippen molar-refractivity contribution in [2.45, 2.75) is 57.7 Å². The Labute approximate surface area is 239 Å². The van der Waals surface area contributed by atoms with E-state index >= 15 is 0 Å². The van der Waals surface area contributed by atoms with E-state index in [4.69, 9.17) is 49.0 Å². The third-order valence-corrected chi connectivity index (χ3v) is 7.41. The lowest BCUT2D eigenvalue weighted by molar-refractivity contribution is -0.191. The minimum atomic E-state index is -0.838. The van der Waals surface area contributed by atoms with Gasteiger partial charge in [-0.15, -0.1) is 0 Å². The maximum Gasteiger partial charge on any atom is 0.410 e. The molecule has 3 aromatic rings. The van der Waals surface area contributed by atoms with Crippen LogP contribution < -0.4 is 0 Å². The van der Waals surface area contributed by atoms with Gasteiger partial charge in [-0.05, 0) is 61.7 Å². The molecule has 1 saturated heterocycles. The summed E-state index contributed by atoms with van der Waals surface area (Å²) in [4.78, 5) is 14.7. The van der Waals surface area contributed by atoms with E-state index in [1.54, 1.807) is 17.0 Å². The molecule has 5 nitrogen and oxygen atoms in total. The van der Waals surface area contributed by atoms with Gasteiger partial charge in [0, 0.05) is 18.0 Å². The maximum absolute atomic E-state index is 13.0. The van der Waals surface area contributed by atoms with E-state index in [9.17, 15) is 4.79 Å². The zero-order valence-corrected chi connectivity index (χ0v) is 24.0. The van der Waals surface area contributed by atoms with Gasteiger partial charge < -0.3 is 19.1 Å². The molecule has 0 aliphatic carbocycles. The fraction of sp³-hybridized carbons (Fsp3) is 0.367. The topological polar surface area (TPSA) is 48.0 Å². The lowest BCUT2D eigenvalue weighted by Gasteiger charge is -2.47. The summed E-state index contributed by atoms with van der Waals surface area (Å²) in [6, 6.07) is 23.0. The zero-order chi connectivity index (χ0) is 27.3. The molecule has 0 bridgehead atoms. The molecule has 4 rings (SSSR count). The van der Waals surface area contributed by atoms with Crippen molar-refractivity contribution in [3.8, 4) is 0 Å². The quantitative estimate of drug-likeness (QED) is 0.284. The minimum Gasteiger partial charge on any atom is -0.444 e. The highest BCUT2D eigenvalue weighted by atomic mass is 35.5. The Bertz CT molecular complexity index is 1230. The monoisotopic (exact) mass is 575 g/mol. The van der Waals surface area contributed by atoms with E-state index in [1.807, 2.05) is 81.4 Å². The van der Waals surface area contributed by atoms with Crippen molar-refractivity contribution < 1.29 is 19.0 Å². The molecule has 0 radical (unpaired) electrons. The molecular weight excluding hydrogens is 545 g/mol. The van der Waals surface area contributed by atoms with Crippen LogP contribution in [-0.4, -0.2) is 35.8 Å². The van der Waals surface area contributed by atoms with E-state index in [-0.39, 0.29) is 19.2 Å². The van der Waals surface area contributed by atoms with Crippen molar-refractivity contribution >= 4 is 40.9 Å². The second-order valence-electron chi connectivity index (χ2n) is 10.4. The summed E-state index contributed by atoms with van der Waals surface area (Å²) in [7, 11) is 0. The van der Waals surface area contributed by atoms with Gasteiger partial charge in [-0.2, -0.15) is 0 Å². The summed E-state index contributed by atoms with van der Waals surface area (Å²) in [5.41, 5.74) is 1.39. The first-order valence-electron chi connectivity index (χ1n) is 12.5. The molecule has 1 aliphatic heterocycles. The first-order valence-corrected chi connectivity index (χ1v) is 13.7. The molecule has 38 heavy (non-hydrogen) atoms. The highest BCUT2D eigenvalue weighted by molar-refractivity contribution is 6.42. The standard InChI is InChI=1S/C30H32Cl3NO4/c1-29(2,3)38-28(35)34-16-15-30(23-10-12-24(31)13-11-23,37-20-21-7-5-4-6-8-21)27(18-34)36-19-22-9-14-25(32)26(33)17-22/h4-14,17,27H,15-16,18-20H2,1-3H3/t27-,30-/m0/s1. The summed E-state index contributed by atoms with van der Waals surface area (Å²) >= 11 is 18.6. The molecule has 8 heteroatoms. The fourth-order valence-electron chi connectivity index (χ4n) is 4.50. The van der Waals surface area contributed by atoms with E-state index in [1.165, 1.54) is 0 Å². The number of piperidine rings is 1. The van der Waals surface area contributed by atoms with Gasteiger partial charge in [-0.1, -0.05) is 83.3 Å². The molecule has 1 aliphatic rings. The predicted octanol–water partition coefficient (Wildman–Crippen LogP) is 8.29. The Balaban J connectivity index is 1.68. The van der Waals surface area contributed by atoms with Gasteiger partial charge in [0.05, 0.1) is 29.8 Å². The van der Waals surface area contributed by atoms with Crippen LogP contribution in [0.2, 0.25) is 15.1 Å². The number of likely N-dealkylation sites (tertiary alicyclic amines) is 1. The van der Waals surface area contributed by atoms with Crippen LogP contribution in [0.5, 0.6) is 0 Å². The molecule has 1 fully saturated rings. The Kier molecular flexibility index (Phi) is 9.27. The lowest BCUT2D eigenvalue weighted by atomic mass is 9.81. The third kappa shape index (κ3) is 7.22. The number of amides is 1. The van der Waals surface area contributed by atoms with Crippen molar-refractivity contribution in [2.75, 3.05) is 13.1 Å². The summed E-state index contributed by atoms with van der Waals surface area (Å²) in [6.07, 6.45) is -0.385. The smallest absolute Gasteiger partial charge is 0.410 e. The van der Waals surface area contributed by atoms with Crippen LogP contribution in [0.4, 0.5) is 4.79 Å². The lowest BCUT2D eigenvalue weighted by Crippen LogP contribution is -2.57. The van der Waals surface area contributed by atoms with Crippen LogP contribution in [0.3, 0.4) is 0 Å². The first-order chi connectivity index (χ1) is 18.1. The van der Waals surface area contributed by atoms with Crippen LogP contribution in [0.1, 0.15) is 43.9 Å². The number of carbonyl (C=O) groups excluding carboxylic acids is 1. The number of hydrogen-bond donors (Lipinski definition) is 0. The fourth-order valence-corrected chi connectivity index (χ4v) is 4.95. The van der Waals surface area contributed by atoms with Gasteiger partial charge in [0.1, 0.15) is 17.3 Å². The highest BCUT2D eigenvalue weighted by Gasteiger charge is 2.48. The number of hydrogen-bond acceptors (Lipinski definition) is 4. The van der Waals surface area contributed by atoms with E-state index in [0.29, 0.717) is 34.6 Å². The highest BCUT2D eigenvalue weighted by Crippen LogP contribution is 2.41. The van der Waals surface area contributed by atoms with Crippen molar-refractivity contribution in [3.05, 3.63) is 105 Å². The van der Waals surface area contributed by atoms with Gasteiger partial charge in [-0.3, -0.25) is 0 Å². The average Bonchev–Trinajstić information content (AvgIpc) is 2.88. The number of halogens is 3. The molecule has 202 valence electrons. The van der Waals surface area contributed by atoms with Crippen LogP contribution in [0.15, 0.2) is 72.8 Å². The van der Waals surface area contributed by atoms with E-state index in [0.717, 1.165) is 16.7 Å². The Morgan fingerprint density at radius 3 is 2.29 bits per heavy atom. The van der Waals surface area contributed by atoms with Gasteiger partial charge in [0.25, 0.3) is 0 Å². The normalized spacial score (nSPS) is 19.8. The maximum atomic E-state index is 13.0. The predicted molar refractivity (Wildman–Crippen MR) is 152 cm³/mol. The molecule has 1 heterocycles. The van der Waals surface area contributed by atoms with Crippen LogP contribution in [0, 0.1) is 0 Å². The largest absolute Gasteiger partial charge is 0.444 e. The number of ether oxygens (including phenoxy) is 3. The molecular formula is C30H32Cl3NO4. The Hall–Kier alpha value is -2.28. The number of benzene rings is 3. The van der Waals surface area contributed by atoms with Crippen LogP contribution in [-0.2, 0) is 33.0 Å². The van der Waals surface area contributed by atoms with Crippen LogP contribution in [0.25, 0.3) is 0 Å². The van der Waals surface area contributed by atoms with Crippen molar-refractivity contribution in [2.24, 2.45) is 0 Å². The van der Waals surface area contributed by atoms with Crippen molar-refractivity contribution in [1.29, 1.82) is 0 Å². The summed E-state index contributed by atoms with van der Waals surface area (Å²) in [5, 5.41) is 1.56.